The molecule has 0 heterocycles. The van der Waals surface area contributed by atoms with Gasteiger partial charge in [-0.25, -0.2) is 0 Å². The van der Waals surface area contributed by atoms with Gasteiger partial charge in [0.15, 0.2) is 0 Å². The van der Waals surface area contributed by atoms with Crippen LogP contribution in [-0.4, -0.2) is 11.1 Å². The summed E-state index contributed by atoms with van der Waals surface area (Å²) in [5.74, 6) is 1.60. The van der Waals surface area contributed by atoms with E-state index in [9.17, 15) is 0 Å². The van der Waals surface area contributed by atoms with E-state index >= 15 is 0 Å². The Kier molecular flexibility index (Phi) is 5.72. The molecule has 0 amide bonds. The van der Waals surface area contributed by atoms with E-state index in [0.29, 0.717) is 4.05 Å². The largest absolute Gasteiger partial charge is 0.308 e. The summed E-state index contributed by atoms with van der Waals surface area (Å²) in [4.78, 5) is 0. The molecule has 0 spiro atoms. The zero-order chi connectivity index (χ0) is 8.15. The fourth-order valence-electron chi connectivity index (χ4n) is 1.23. The number of alkyl halides is 1. The van der Waals surface area contributed by atoms with E-state index in [-0.39, 0.29) is 0 Å². The van der Waals surface area contributed by atoms with Crippen molar-refractivity contribution in [2.45, 2.75) is 31.2 Å². The predicted molar refractivity (Wildman–Crippen MR) is 55.5 cm³/mol. The molecule has 0 aliphatic rings. The Bertz CT molecular complexity index is 83.3. The maximum absolute atomic E-state index is 3.28. The van der Waals surface area contributed by atoms with E-state index in [1.165, 1.54) is 6.42 Å². The molecular formula is C8H18IN. The van der Waals surface area contributed by atoms with Crippen molar-refractivity contribution in [2.24, 2.45) is 11.8 Å². The van der Waals surface area contributed by atoms with E-state index in [0.717, 1.165) is 11.8 Å². The number of hydrogen-bond donors (Lipinski definition) is 1. The zero-order valence-electron chi connectivity index (χ0n) is 7.32. The lowest BCUT2D eigenvalue weighted by Gasteiger charge is -2.24. The Hall–Kier alpha value is 0.690. The third kappa shape index (κ3) is 3.19. The van der Waals surface area contributed by atoms with Gasteiger partial charge in [-0.05, 0) is 18.9 Å². The highest BCUT2D eigenvalue weighted by molar-refractivity contribution is 14.1. The van der Waals surface area contributed by atoms with Crippen molar-refractivity contribution < 1.29 is 0 Å². The maximum atomic E-state index is 3.28. The highest BCUT2D eigenvalue weighted by Gasteiger charge is 2.17. The second kappa shape index (κ2) is 5.35. The Morgan fingerprint density at radius 2 is 1.90 bits per heavy atom. The fourth-order valence-corrected chi connectivity index (χ4v) is 2.57. The second-order valence-corrected chi connectivity index (χ2v) is 4.35. The molecule has 1 nitrogen and oxygen atoms in total. The summed E-state index contributed by atoms with van der Waals surface area (Å²) in [5.41, 5.74) is 0. The fraction of sp³-hybridized carbons (Fsp3) is 1.00. The van der Waals surface area contributed by atoms with Crippen LogP contribution in [0.3, 0.4) is 0 Å². The van der Waals surface area contributed by atoms with Gasteiger partial charge >= 0.3 is 0 Å². The molecule has 0 radical (unpaired) electrons. The van der Waals surface area contributed by atoms with Crippen LogP contribution in [0.25, 0.3) is 0 Å². The first kappa shape index (κ1) is 10.7. The topological polar surface area (TPSA) is 12.0 Å². The lowest BCUT2D eigenvalue weighted by atomic mass is 9.93. The first-order valence-electron chi connectivity index (χ1n) is 3.94. The molecule has 2 unspecified atom stereocenters. The van der Waals surface area contributed by atoms with E-state index in [4.69, 9.17) is 0 Å². The predicted octanol–water partition coefficient (Wildman–Crippen LogP) is 2.65. The van der Waals surface area contributed by atoms with E-state index in [1.807, 2.05) is 7.05 Å². The van der Waals surface area contributed by atoms with Crippen molar-refractivity contribution in [2.75, 3.05) is 7.05 Å². The molecule has 0 rings (SSSR count). The molecule has 0 saturated heterocycles. The lowest BCUT2D eigenvalue weighted by molar-refractivity contribution is 0.351. The van der Waals surface area contributed by atoms with Gasteiger partial charge in [0.1, 0.15) is 0 Å². The van der Waals surface area contributed by atoms with Crippen LogP contribution in [0, 0.1) is 11.8 Å². The number of nitrogens with one attached hydrogen (secondary N) is 1. The summed E-state index contributed by atoms with van der Waals surface area (Å²) >= 11 is 2.47. The minimum Gasteiger partial charge on any atom is -0.308 e. The van der Waals surface area contributed by atoms with Crippen LogP contribution < -0.4 is 5.32 Å². The molecule has 2 atom stereocenters. The third-order valence-electron chi connectivity index (χ3n) is 1.98. The van der Waals surface area contributed by atoms with Gasteiger partial charge in [-0.2, -0.15) is 0 Å². The first-order valence-corrected chi connectivity index (χ1v) is 5.19. The standard InChI is InChI=1S/C8H18IN/c1-5-7(6(2)3)8(9)10-4/h6-8,10H,5H2,1-4H3. The highest BCUT2D eigenvalue weighted by atomic mass is 127. The summed E-state index contributed by atoms with van der Waals surface area (Å²) in [6, 6.07) is 0. The number of rotatable bonds is 4. The molecule has 0 aliphatic heterocycles. The zero-order valence-corrected chi connectivity index (χ0v) is 9.47. The molecule has 62 valence electrons. The molecule has 1 N–H and O–H groups in total. The SMILES string of the molecule is CCC(C(C)C)C(I)NC. The molecule has 0 aliphatic carbocycles. The summed E-state index contributed by atoms with van der Waals surface area (Å²) in [6.07, 6.45) is 1.27. The van der Waals surface area contributed by atoms with Crippen molar-refractivity contribution in [1.82, 2.24) is 5.32 Å². The summed E-state index contributed by atoms with van der Waals surface area (Å²) < 4.78 is 0.627. The molecule has 0 aromatic heterocycles. The Labute approximate surface area is 78.1 Å². The van der Waals surface area contributed by atoms with Crippen LogP contribution in [0.2, 0.25) is 0 Å². The smallest absolute Gasteiger partial charge is 0.0622 e. The Morgan fingerprint density at radius 3 is 2.00 bits per heavy atom. The Morgan fingerprint density at radius 1 is 1.40 bits per heavy atom. The minimum atomic E-state index is 0.627. The minimum absolute atomic E-state index is 0.627. The third-order valence-corrected chi connectivity index (χ3v) is 3.53. The van der Waals surface area contributed by atoms with Crippen molar-refractivity contribution in [1.29, 1.82) is 0 Å². The van der Waals surface area contributed by atoms with Crippen molar-refractivity contribution >= 4 is 22.6 Å². The number of halogens is 1. The molecule has 0 aromatic rings. The van der Waals surface area contributed by atoms with Gasteiger partial charge in [-0.15, -0.1) is 0 Å². The number of hydrogen-bond acceptors (Lipinski definition) is 1. The van der Waals surface area contributed by atoms with Crippen LogP contribution >= 0.6 is 22.6 Å². The second-order valence-electron chi connectivity index (χ2n) is 3.01. The normalized spacial score (nSPS) is 17.4. The van der Waals surface area contributed by atoms with E-state index in [2.05, 4.69) is 48.7 Å². The van der Waals surface area contributed by atoms with Gasteiger partial charge in [0.05, 0.1) is 4.05 Å². The van der Waals surface area contributed by atoms with Gasteiger partial charge in [-0.3, -0.25) is 0 Å². The van der Waals surface area contributed by atoms with Crippen molar-refractivity contribution in [3.8, 4) is 0 Å². The molecule has 0 bridgehead atoms. The van der Waals surface area contributed by atoms with Crippen molar-refractivity contribution in [3.05, 3.63) is 0 Å². The van der Waals surface area contributed by atoms with Gasteiger partial charge in [0.2, 0.25) is 0 Å². The van der Waals surface area contributed by atoms with Gasteiger partial charge in [0.25, 0.3) is 0 Å². The molecule has 0 saturated carbocycles. The van der Waals surface area contributed by atoms with Crippen LogP contribution in [0.15, 0.2) is 0 Å². The van der Waals surface area contributed by atoms with Crippen LogP contribution in [0.5, 0.6) is 0 Å². The average Bonchev–Trinajstić information content (AvgIpc) is 1.88. The first-order chi connectivity index (χ1) is 4.63. The van der Waals surface area contributed by atoms with Crippen LogP contribution in [-0.2, 0) is 0 Å². The Balaban J connectivity index is 3.80. The lowest BCUT2D eigenvalue weighted by Crippen LogP contribution is -2.30. The molecular weight excluding hydrogens is 237 g/mol. The maximum Gasteiger partial charge on any atom is 0.0622 e. The summed E-state index contributed by atoms with van der Waals surface area (Å²) in [5, 5.41) is 3.28. The van der Waals surface area contributed by atoms with Crippen molar-refractivity contribution in [3.63, 3.8) is 0 Å². The molecule has 10 heavy (non-hydrogen) atoms. The summed E-state index contributed by atoms with van der Waals surface area (Å²) in [7, 11) is 2.03. The summed E-state index contributed by atoms with van der Waals surface area (Å²) in [6.45, 7) is 6.84. The highest BCUT2D eigenvalue weighted by Crippen LogP contribution is 2.22. The quantitative estimate of drug-likeness (QED) is 0.462. The molecule has 2 heteroatoms. The van der Waals surface area contributed by atoms with Crippen LogP contribution in [0.4, 0.5) is 0 Å². The van der Waals surface area contributed by atoms with E-state index < -0.39 is 0 Å². The van der Waals surface area contributed by atoms with Gasteiger partial charge in [0, 0.05) is 0 Å². The van der Waals surface area contributed by atoms with Gasteiger partial charge < -0.3 is 5.32 Å². The van der Waals surface area contributed by atoms with E-state index in [1.54, 1.807) is 0 Å². The average molecular weight is 255 g/mol. The van der Waals surface area contributed by atoms with Gasteiger partial charge in [-0.1, -0.05) is 49.8 Å². The molecule has 0 aromatic carbocycles. The monoisotopic (exact) mass is 255 g/mol. The molecule has 0 fully saturated rings. The van der Waals surface area contributed by atoms with Crippen LogP contribution in [0.1, 0.15) is 27.2 Å².